The molecule has 0 aliphatic carbocycles. The van der Waals surface area contributed by atoms with Crippen LogP contribution in [0.25, 0.3) is 0 Å². The summed E-state index contributed by atoms with van der Waals surface area (Å²) in [7, 11) is -7.24. The van der Waals surface area contributed by atoms with Gasteiger partial charge >= 0.3 is 0 Å². The van der Waals surface area contributed by atoms with Crippen LogP contribution in [-0.4, -0.2) is 58.2 Å². The maximum Gasteiger partial charge on any atom is 0.228 e. The van der Waals surface area contributed by atoms with Crippen molar-refractivity contribution in [3.8, 4) is 0 Å². The van der Waals surface area contributed by atoms with Crippen LogP contribution < -0.4 is 5.32 Å². The maximum absolute atomic E-state index is 12.1. The highest BCUT2D eigenvalue weighted by molar-refractivity contribution is 8.06. The van der Waals surface area contributed by atoms with Gasteiger partial charge in [0.05, 0.1) is 0 Å². The molecule has 0 aromatic carbocycles. The largest absolute Gasteiger partial charge is 0.315 e. The topological polar surface area (TPSA) is 83.6 Å². The Kier molecular flexibility index (Phi) is 5.57. The van der Waals surface area contributed by atoms with Gasteiger partial charge in [-0.25, -0.2) is 16.8 Å². The van der Waals surface area contributed by atoms with E-state index in [9.17, 15) is 16.8 Å². The van der Waals surface area contributed by atoms with E-state index in [0.29, 0.717) is 13.1 Å². The van der Waals surface area contributed by atoms with Crippen molar-refractivity contribution < 1.29 is 16.8 Å². The van der Waals surface area contributed by atoms with E-state index in [1.807, 2.05) is 6.92 Å². The summed E-state index contributed by atoms with van der Waals surface area (Å²) in [6.45, 7) is 3.74. The first-order valence-corrected chi connectivity index (χ1v) is 9.81. The minimum atomic E-state index is -3.72. The summed E-state index contributed by atoms with van der Waals surface area (Å²) in [5, 5.41) is 2.34. The van der Waals surface area contributed by atoms with Gasteiger partial charge in [-0.05, 0) is 19.4 Å². The summed E-state index contributed by atoms with van der Waals surface area (Å²) in [4.78, 5) is 0. The van der Waals surface area contributed by atoms with Gasteiger partial charge in [0.15, 0.2) is 14.9 Å². The second-order valence-corrected chi connectivity index (χ2v) is 9.15. The second-order valence-electron chi connectivity index (χ2n) is 4.72. The molecule has 0 amide bonds. The van der Waals surface area contributed by atoms with E-state index in [-0.39, 0.29) is 6.04 Å². The zero-order valence-electron chi connectivity index (χ0n) is 10.9. The van der Waals surface area contributed by atoms with Crippen LogP contribution in [0.3, 0.4) is 0 Å². The van der Waals surface area contributed by atoms with E-state index in [0.717, 1.165) is 32.1 Å². The normalized spacial score (nSPS) is 23.1. The van der Waals surface area contributed by atoms with E-state index in [4.69, 9.17) is 0 Å². The van der Waals surface area contributed by atoms with Gasteiger partial charge in [-0.3, -0.25) is 0 Å². The molecule has 0 spiro atoms. The lowest BCUT2D eigenvalue weighted by Crippen LogP contribution is -2.49. The molecule has 6 nitrogen and oxygen atoms in total. The zero-order valence-corrected chi connectivity index (χ0v) is 12.6. The highest BCUT2D eigenvalue weighted by Gasteiger charge is 2.33. The Labute approximate surface area is 110 Å². The van der Waals surface area contributed by atoms with Crippen LogP contribution in [0.1, 0.15) is 26.2 Å². The smallest absolute Gasteiger partial charge is 0.228 e. The molecule has 1 aliphatic heterocycles. The summed E-state index contributed by atoms with van der Waals surface area (Å²) >= 11 is 0. The minimum Gasteiger partial charge on any atom is -0.315 e. The molecule has 0 aromatic heterocycles. The van der Waals surface area contributed by atoms with Gasteiger partial charge in [-0.15, -0.1) is 0 Å². The SMILES string of the molecule is CCNCC1CCCCN1S(=O)(=O)CS(C)(=O)=O. The monoisotopic (exact) mass is 298 g/mol. The Morgan fingerprint density at radius 2 is 1.89 bits per heavy atom. The van der Waals surface area contributed by atoms with Crippen molar-refractivity contribution in [2.24, 2.45) is 0 Å². The van der Waals surface area contributed by atoms with E-state index in [2.05, 4.69) is 5.32 Å². The van der Waals surface area contributed by atoms with Crippen molar-refractivity contribution in [3.63, 3.8) is 0 Å². The van der Waals surface area contributed by atoms with Crippen LogP contribution in [0, 0.1) is 0 Å². The predicted octanol–water partition coefficient (Wildman–Crippen LogP) is -0.218. The average Bonchev–Trinajstić information content (AvgIpc) is 2.23. The summed E-state index contributed by atoms with van der Waals surface area (Å²) in [6.07, 6.45) is 3.52. The summed E-state index contributed by atoms with van der Waals surface area (Å²) < 4.78 is 47.9. The van der Waals surface area contributed by atoms with Gasteiger partial charge in [0.2, 0.25) is 10.0 Å². The molecule has 0 bridgehead atoms. The second kappa shape index (κ2) is 6.31. The number of piperidine rings is 1. The van der Waals surface area contributed by atoms with Crippen molar-refractivity contribution in [2.45, 2.75) is 32.2 Å². The van der Waals surface area contributed by atoms with Crippen molar-refractivity contribution in [1.29, 1.82) is 0 Å². The third-order valence-corrected chi connectivity index (χ3v) is 7.02. The molecule has 1 saturated heterocycles. The molecular formula is C10H22N2O4S2. The number of likely N-dealkylation sites (N-methyl/N-ethyl adjacent to an activating group) is 1. The molecule has 0 aromatic rings. The molecule has 1 aliphatic rings. The Morgan fingerprint density at radius 3 is 2.44 bits per heavy atom. The molecule has 108 valence electrons. The number of hydrogen-bond donors (Lipinski definition) is 1. The van der Waals surface area contributed by atoms with Crippen LogP contribution in [0.4, 0.5) is 0 Å². The fraction of sp³-hybridized carbons (Fsp3) is 1.00. The Hall–Kier alpha value is -0.180. The van der Waals surface area contributed by atoms with Gasteiger partial charge in [-0.1, -0.05) is 13.3 Å². The first-order chi connectivity index (χ1) is 8.26. The maximum atomic E-state index is 12.1. The fourth-order valence-corrected chi connectivity index (χ4v) is 5.94. The van der Waals surface area contributed by atoms with Crippen LogP contribution in [0.5, 0.6) is 0 Å². The van der Waals surface area contributed by atoms with Gasteiger partial charge in [-0.2, -0.15) is 4.31 Å². The molecule has 0 saturated carbocycles. The summed E-state index contributed by atoms with van der Waals surface area (Å²) in [5.74, 6) is 0. The zero-order chi connectivity index (χ0) is 13.8. The molecule has 1 fully saturated rings. The molecule has 1 N–H and O–H groups in total. The number of nitrogens with zero attached hydrogens (tertiary/aromatic N) is 1. The van der Waals surface area contributed by atoms with Crippen LogP contribution in [-0.2, 0) is 19.9 Å². The number of nitrogens with one attached hydrogen (secondary N) is 1. The Balaban J connectivity index is 2.82. The van der Waals surface area contributed by atoms with E-state index in [1.54, 1.807) is 0 Å². The standard InChI is InChI=1S/C10H22N2O4S2/c1-3-11-8-10-6-4-5-7-12(10)18(15,16)9-17(2,13)14/h10-11H,3-9H2,1-2H3. The number of sulfonamides is 1. The third kappa shape index (κ3) is 4.83. The van der Waals surface area contributed by atoms with Gasteiger partial charge in [0.25, 0.3) is 0 Å². The first-order valence-electron chi connectivity index (χ1n) is 6.14. The lowest BCUT2D eigenvalue weighted by atomic mass is 10.1. The summed E-state index contributed by atoms with van der Waals surface area (Å²) in [5.41, 5.74) is 0. The van der Waals surface area contributed by atoms with Crippen LogP contribution in [0.2, 0.25) is 0 Å². The van der Waals surface area contributed by atoms with E-state index >= 15 is 0 Å². The van der Waals surface area contributed by atoms with Crippen molar-refractivity contribution in [1.82, 2.24) is 9.62 Å². The van der Waals surface area contributed by atoms with Crippen molar-refractivity contribution >= 4 is 19.9 Å². The quantitative estimate of drug-likeness (QED) is 0.733. The van der Waals surface area contributed by atoms with Gasteiger partial charge in [0, 0.05) is 25.4 Å². The number of rotatable bonds is 6. The molecule has 1 heterocycles. The average molecular weight is 298 g/mol. The molecule has 1 atom stereocenters. The lowest BCUT2D eigenvalue weighted by molar-refractivity contribution is 0.247. The number of hydrogen-bond acceptors (Lipinski definition) is 5. The number of sulfone groups is 1. The van der Waals surface area contributed by atoms with Crippen molar-refractivity contribution in [3.05, 3.63) is 0 Å². The lowest BCUT2D eigenvalue weighted by Gasteiger charge is -2.34. The van der Waals surface area contributed by atoms with Gasteiger partial charge in [0.1, 0.15) is 0 Å². The Bertz CT molecular complexity index is 458. The third-order valence-electron chi connectivity index (χ3n) is 2.92. The molecule has 8 heteroatoms. The minimum absolute atomic E-state index is 0.120. The predicted molar refractivity (Wildman–Crippen MR) is 71.5 cm³/mol. The highest BCUT2D eigenvalue weighted by atomic mass is 32.3. The van der Waals surface area contributed by atoms with Crippen LogP contribution >= 0.6 is 0 Å². The fourth-order valence-electron chi connectivity index (χ4n) is 2.19. The first kappa shape index (κ1) is 15.9. The van der Waals surface area contributed by atoms with E-state index < -0.39 is 24.9 Å². The molecule has 1 unspecified atom stereocenters. The molecule has 0 radical (unpaired) electrons. The van der Waals surface area contributed by atoms with Crippen LogP contribution in [0.15, 0.2) is 0 Å². The van der Waals surface area contributed by atoms with Crippen molar-refractivity contribution in [2.75, 3.05) is 31.0 Å². The van der Waals surface area contributed by atoms with E-state index in [1.165, 1.54) is 4.31 Å². The summed E-state index contributed by atoms with van der Waals surface area (Å²) in [6, 6.07) is -0.120. The van der Waals surface area contributed by atoms with Gasteiger partial charge < -0.3 is 5.32 Å². The molecule has 18 heavy (non-hydrogen) atoms. The molecule has 1 rings (SSSR count). The highest BCUT2D eigenvalue weighted by Crippen LogP contribution is 2.21. The Morgan fingerprint density at radius 1 is 1.22 bits per heavy atom. The molecular weight excluding hydrogens is 276 g/mol.